The minimum Gasteiger partial charge on any atom is -0.497 e. The first kappa shape index (κ1) is 21.7. The van der Waals surface area contributed by atoms with Crippen LogP contribution in [0, 0.1) is 0 Å². The van der Waals surface area contributed by atoms with Crippen molar-refractivity contribution in [1.82, 2.24) is 9.80 Å². The Hall–Kier alpha value is -2.01. The van der Waals surface area contributed by atoms with Crippen LogP contribution >= 0.6 is 0 Å². The van der Waals surface area contributed by atoms with Crippen LogP contribution in [0.2, 0.25) is 0 Å². The van der Waals surface area contributed by atoms with E-state index in [0.29, 0.717) is 17.4 Å². The fourth-order valence-electron chi connectivity index (χ4n) is 4.25. The first-order valence-electron chi connectivity index (χ1n) is 11.0. The Balaban J connectivity index is 1.62. The molecule has 1 atom stereocenters. The number of carbonyl (C=O) groups excluding carboxylic acids is 1. The Morgan fingerprint density at radius 1 is 1.21 bits per heavy atom. The molecule has 5 nitrogen and oxygen atoms in total. The molecular formula is C24H36N2O3. The predicted octanol–water partition coefficient (Wildman–Crippen LogP) is 4.52. The van der Waals surface area contributed by atoms with Gasteiger partial charge in [-0.25, -0.2) is 0 Å². The van der Waals surface area contributed by atoms with Gasteiger partial charge >= 0.3 is 0 Å². The van der Waals surface area contributed by atoms with E-state index in [1.54, 1.807) is 7.11 Å². The molecule has 2 aliphatic heterocycles. The van der Waals surface area contributed by atoms with Crippen LogP contribution in [0.4, 0.5) is 0 Å². The second-order valence-electron chi connectivity index (χ2n) is 8.56. The van der Waals surface area contributed by atoms with E-state index in [1.807, 2.05) is 23.1 Å². The van der Waals surface area contributed by atoms with E-state index in [4.69, 9.17) is 9.47 Å². The quantitative estimate of drug-likeness (QED) is 0.602. The molecule has 0 saturated carbocycles. The third kappa shape index (κ3) is 5.75. The zero-order valence-corrected chi connectivity index (χ0v) is 18.3. The highest BCUT2D eigenvalue weighted by Gasteiger charge is 2.27. The van der Waals surface area contributed by atoms with Gasteiger partial charge in [0.25, 0.3) is 5.91 Å². The summed E-state index contributed by atoms with van der Waals surface area (Å²) < 4.78 is 11.7. The molecule has 2 fully saturated rings. The highest BCUT2D eigenvalue weighted by atomic mass is 16.5. The molecule has 2 heterocycles. The van der Waals surface area contributed by atoms with E-state index < -0.39 is 0 Å². The molecule has 29 heavy (non-hydrogen) atoms. The zero-order chi connectivity index (χ0) is 20.8. The zero-order valence-electron chi connectivity index (χ0n) is 18.3. The lowest BCUT2D eigenvalue weighted by Gasteiger charge is -2.36. The van der Waals surface area contributed by atoms with Crippen LogP contribution < -0.4 is 9.47 Å². The number of benzene rings is 1. The van der Waals surface area contributed by atoms with Gasteiger partial charge in [0.1, 0.15) is 17.6 Å². The van der Waals surface area contributed by atoms with E-state index in [9.17, 15) is 4.79 Å². The summed E-state index contributed by atoms with van der Waals surface area (Å²) in [4.78, 5) is 17.4. The van der Waals surface area contributed by atoms with Crippen LogP contribution in [0.15, 0.2) is 30.4 Å². The molecule has 0 bridgehead atoms. The average molecular weight is 401 g/mol. The molecule has 160 valence electrons. The van der Waals surface area contributed by atoms with Crippen molar-refractivity contribution in [2.24, 2.45) is 0 Å². The van der Waals surface area contributed by atoms with E-state index in [2.05, 4.69) is 25.3 Å². The van der Waals surface area contributed by atoms with Crippen LogP contribution in [0.5, 0.6) is 11.5 Å². The minimum atomic E-state index is 0.0750. The predicted molar refractivity (Wildman–Crippen MR) is 117 cm³/mol. The first-order valence-corrected chi connectivity index (χ1v) is 11.0. The Morgan fingerprint density at radius 2 is 1.90 bits per heavy atom. The average Bonchev–Trinajstić information content (AvgIpc) is 3.27. The number of nitrogens with zero attached hydrogens (tertiary/aromatic N) is 2. The number of piperidine rings is 1. The molecule has 0 aliphatic carbocycles. The third-order valence-electron chi connectivity index (χ3n) is 6.19. The number of hydrogen-bond acceptors (Lipinski definition) is 4. The minimum absolute atomic E-state index is 0.0750. The number of amides is 1. The van der Waals surface area contributed by atoms with Crippen LogP contribution in [-0.2, 0) is 0 Å². The topological polar surface area (TPSA) is 42.0 Å². The van der Waals surface area contributed by atoms with Gasteiger partial charge in [0, 0.05) is 38.3 Å². The summed E-state index contributed by atoms with van der Waals surface area (Å²) in [5, 5.41) is 0. The number of methoxy groups -OCH3 is 1. The largest absolute Gasteiger partial charge is 0.497 e. The van der Waals surface area contributed by atoms with Gasteiger partial charge in [0.15, 0.2) is 0 Å². The molecule has 3 rings (SSSR count). The van der Waals surface area contributed by atoms with Gasteiger partial charge in [0.05, 0.1) is 12.7 Å². The van der Waals surface area contributed by atoms with Gasteiger partial charge in [-0.1, -0.05) is 5.57 Å². The summed E-state index contributed by atoms with van der Waals surface area (Å²) in [6.07, 6.45) is 6.50. The summed E-state index contributed by atoms with van der Waals surface area (Å²) in [6.45, 7) is 12.2. The van der Waals surface area contributed by atoms with Crippen LogP contribution in [0.25, 0.3) is 0 Å². The van der Waals surface area contributed by atoms with Crippen molar-refractivity contribution < 1.29 is 14.3 Å². The van der Waals surface area contributed by atoms with Crippen molar-refractivity contribution in [2.45, 2.75) is 64.5 Å². The molecule has 0 spiro atoms. The Bertz CT molecular complexity index is 704. The lowest BCUT2D eigenvalue weighted by atomic mass is 10.0. The highest BCUT2D eigenvalue weighted by molar-refractivity contribution is 5.97. The fraction of sp³-hybridized carbons (Fsp3) is 0.625. The van der Waals surface area contributed by atoms with Crippen molar-refractivity contribution in [1.29, 1.82) is 0 Å². The van der Waals surface area contributed by atoms with E-state index in [1.165, 1.54) is 5.57 Å². The van der Waals surface area contributed by atoms with Gasteiger partial charge in [-0.15, -0.1) is 6.58 Å². The van der Waals surface area contributed by atoms with Gasteiger partial charge in [0.2, 0.25) is 0 Å². The maximum absolute atomic E-state index is 13.0. The number of hydrogen-bond donors (Lipinski definition) is 0. The van der Waals surface area contributed by atoms with E-state index in [-0.39, 0.29) is 12.0 Å². The smallest absolute Gasteiger partial charge is 0.257 e. The summed E-state index contributed by atoms with van der Waals surface area (Å²) in [5.41, 5.74) is 1.91. The molecule has 5 heteroatoms. The Kier molecular flexibility index (Phi) is 7.59. The van der Waals surface area contributed by atoms with Crippen molar-refractivity contribution in [3.8, 4) is 11.5 Å². The maximum Gasteiger partial charge on any atom is 0.257 e. The second-order valence-corrected chi connectivity index (χ2v) is 8.56. The third-order valence-corrected chi connectivity index (χ3v) is 6.19. The number of rotatable bonds is 8. The molecular weight excluding hydrogens is 364 g/mol. The molecule has 0 N–H and O–H groups in total. The van der Waals surface area contributed by atoms with Crippen LogP contribution in [0.1, 0.15) is 62.7 Å². The number of ether oxygens (including phenoxy) is 2. The van der Waals surface area contributed by atoms with Crippen LogP contribution in [-0.4, -0.2) is 61.1 Å². The van der Waals surface area contributed by atoms with Crippen molar-refractivity contribution >= 4 is 5.91 Å². The molecule has 0 radical (unpaired) electrons. The van der Waals surface area contributed by atoms with Gasteiger partial charge in [-0.2, -0.15) is 0 Å². The van der Waals surface area contributed by atoms with Crippen LogP contribution in [0.3, 0.4) is 0 Å². The molecule has 1 aromatic rings. The second kappa shape index (κ2) is 10.1. The van der Waals surface area contributed by atoms with Gasteiger partial charge in [-0.05, 0) is 64.5 Å². The standard InChI is InChI=1S/C24H36N2O3/c1-18(2)7-8-19(3)25-15-11-20(12-16-25)29-23-17-21(28-4)9-10-22(23)24(27)26-13-5-6-14-26/h9-10,17,19-20H,1,5-8,11-16H2,2-4H3/t19-/m0/s1. The van der Waals surface area contributed by atoms with Gasteiger partial charge in [-0.3, -0.25) is 4.79 Å². The molecule has 0 aromatic heterocycles. The molecule has 2 aliphatic rings. The normalized spacial score (nSPS) is 19.2. The fourth-order valence-corrected chi connectivity index (χ4v) is 4.25. The summed E-state index contributed by atoms with van der Waals surface area (Å²) in [6, 6.07) is 6.13. The van der Waals surface area contributed by atoms with Gasteiger partial charge < -0.3 is 19.3 Å². The Labute approximate surface area is 175 Å². The number of allylic oxidation sites excluding steroid dienone is 1. The molecule has 2 saturated heterocycles. The SMILES string of the molecule is C=C(C)CC[C@H](C)N1CCC(Oc2cc(OC)ccc2C(=O)N2CCCC2)CC1. The summed E-state index contributed by atoms with van der Waals surface area (Å²) in [5.74, 6) is 1.46. The molecule has 0 unspecified atom stereocenters. The van der Waals surface area contributed by atoms with Crippen molar-refractivity contribution in [2.75, 3.05) is 33.3 Å². The lowest BCUT2D eigenvalue weighted by molar-refractivity contribution is 0.0717. The van der Waals surface area contributed by atoms with E-state index in [0.717, 1.165) is 70.5 Å². The van der Waals surface area contributed by atoms with Crippen molar-refractivity contribution in [3.63, 3.8) is 0 Å². The van der Waals surface area contributed by atoms with Crippen molar-refractivity contribution in [3.05, 3.63) is 35.9 Å². The number of likely N-dealkylation sites (tertiary alicyclic amines) is 2. The highest BCUT2D eigenvalue weighted by Crippen LogP contribution is 2.30. The number of carbonyl (C=O) groups is 1. The monoisotopic (exact) mass is 400 g/mol. The van der Waals surface area contributed by atoms with E-state index >= 15 is 0 Å². The maximum atomic E-state index is 13.0. The molecule has 1 amide bonds. The Morgan fingerprint density at radius 3 is 2.52 bits per heavy atom. The first-order chi connectivity index (χ1) is 14.0. The summed E-state index contributed by atoms with van der Waals surface area (Å²) in [7, 11) is 1.64. The lowest BCUT2D eigenvalue weighted by Crippen LogP contribution is -2.43. The molecule has 1 aromatic carbocycles. The summed E-state index contributed by atoms with van der Waals surface area (Å²) >= 11 is 0.